The summed E-state index contributed by atoms with van der Waals surface area (Å²) >= 11 is 5.99. The largest absolute Gasteiger partial charge is 0.495 e. The molecule has 27 heavy (non-hydrogen) atoms. The Labute approximate surface area is 163 Å². The van der Waals surface area contributed by atoms with Crippen molar-refractivity contribution in [1.82, 2.24) is 0 Å². The summed E-state index contributed by atoms with van der Waals surface area (Å²) in [6.45, 7) is 1.76. The van der Waals surface area contributed by atoms with Gasteiger partial charge < -0.3 is 20.7 Å². The zero-order valence-electron chi connectivity index (χ0n) is 15.2. The molecule has 2 amide bonds. The van der Waals surface area contributed by atoms with Crippen LogP contribution in [0.15, 0.2) is 42.5 Å². The normalized spacial score (nSPS) is 14.2. The summed E-state index contributed by atoms with van der Waals surface area (Å²) in [5.41, 5.74) is 2.04. The third-order valence-corrected chi connectivity index (χ3v) is 4.53. The zero-order chi connectivity index (χ0) is 19.4. The van der Waals surface area contributed by atoms with Gasteiger partial charge in [0.1, 0.15) is 11.8 Å². The number of carbonyl (C=O) groups excluding carboxylic acids is 2. The highest BCUT2D eigenvalue weighted by atomic mass is 35.5. The third kappa shape index (κ3) is 5.14. The third-order valence-electron chi connectivity index (χ3n) is 4.30. The minimum absolute atomic E-state index is 0.0684. The van der Waals surface area contributed by atoms with E-state index in [4.69, 9.17) is 16.3 Å². The average molecular weight is 388 g/mol. The monoisotopic (exact) mass is 387 g/mol. The Balaban J connectivity index is 1.57. The van der Waals surface area contributed by atoms with Crippen molar-refractivity contribution in [1.29, 1.82) is 0 Å². The van der Waals surface area contributed by atoms with Crippen molar-refractivity contribution in [2.24, 2.45) is 5.92 Å². The van der Waals surface area contributed by atoms with E-state index < -0.39 is 6.04 Å². The van der Waals surface area contributed by atoms with Gasteiger partial charge in [-0.25, -0.2) is 0 Å². The number of anilines is 3. The van der Waals surface area contributed by atoms with Crippen LogP contribution in [0.5, 0.6) is 5.75 Å². The highest BCUT2D eigenvalue weighted by molar-refractivity contribution is 6.31. The van der Waals surface area contributed by atoms with E-state index in [1.807, 2.05) is 24.3 Å². The van der Waals surface area contributed by atoms with Gasteiger partial charge in [0, 0.05) is 22.3 Å². The Kier molecular flexibility index (Phi) is 5.86. The molecule has 2 aromatic carbocycles. The number of rotatable bonds is 7. The Morgan fingerprint density at radius 3 is 2.37 bits per heavy atom. The van der Waals surface area contributed by atoms with Crippen LogP contribution in [0.1, 0.15) is 19.8 Å². The number of hydrogen-bond donors (Lipinski definition) is 3. The van der Waals surface area contributed by atoms with Crippen molar-refractivity contribution in [2.45, 2.75) is 25.8 Å². The van der Waals surface area contributed by atoms with Crippen molar-refractivity contribution in [3.63, 3.8) is 0 Å². The molecule has 0 unspecified atom stereocenters. The number of hydrogen-bond acceptors (Lipinski definition) is 4. The number of carbonyl (C=O) groups is 2. The number of halogens is 1. The van der Waals surface area contributed by atoms with Gasteiger partial charge in [0.15, 0.2) is 0 Å². The predicted octanol–water partition coefficient (Wildman–Crippen LogP) is 4.14. The molecule has 0 bridgehead atoms. The summed E-state index contributed by atoms with van der Waals surface area (Å²) in [5.74, 6) is 0.548. The SMILES string of the molecule is COc1ccc(Cl)cc1NC(=O)[C@@H](C)Nc1ccc(NC(=O)C2CC2)cc1. The number of methoxy groups -OCH3 is 1. The quantitative estimate of drug-likeness (QED) is 0.667. The molecule has 0 saturated heterocycles. The van der Waals surface area contributed by atoms with E-state index >= 15 is 0 Å². The molecule has 1 saturated carbocycles. The minimum Gasteiger partial charge on any atom is -0.495 e. The van der Waals surface area contributed by atoms with Gasteiger partial charge in [0.25, 0.3) is 0 Å². The number of benzene rings is 2. The van der Waals surface area contributed by atoms with Crippen molar-refractivity contribution < 1.29 is 14.3 Å². The van der Waals surface area contributed by atoms with Gasteiger partial charge in [-0.1, -0.05) is 11.6 Å². The molecular formula is C20H22ClN3O3. The summed E-state index contributed by atoms with van der Waals surface area (Å²) in [6, 6.07) is 11.8. The van der Waals surface area contributed by atoms with E-state index in [1.54, 1.807) is 25.1 Å². The van der Waals surface area contributed by atoms with E-state index in [-0.39, 0.29) is 17.7 Å². The molecule has 7 heteroatoms. The molecule has 3 N–H and O–H groups in total. The molecule has 0 aromatic heterocycles. The maximum atomic E-state index is 12.5. The summed E-state index contributed by atoms with van der Waals surface area (Å²) in [7, 11) is 1.53. The molecule has 3 rings (SSSR count). The fourth-order valence-electron chi connectivity index (χ4n) is 2.57. The lowest BCUT2D eigenvalue weighted by molar-refractivity contribution is -0.117. The second-order valence-corrected chi connectivity index (χ2v) is 6.98. The molecule has 6 nitrogen and oxygen atoms in total. The molecule has 1 aliphatic carbocycles. The fourth-order valence-corrected chi connectivity index (χ4v) is 2.75. The van der Waals surface area contributed by atoms with Gasteiger partial charge in [-0.05, 0) is 62.2 Å². The molecule has 0 spiro atoms. The van der Waals surface area contributed by atoms with Crippen molar-refractivity contribution in [3.05, 3.63) is 47.5 Å². The van der Waals surface area contributed by atoms with Crippen LogP contribution in [0.2, 0.25) is 5.02 Å². The lowest BCUT2D eigenvalue weighted by Crippen LogP contribution is -2.32. The first kappa shape index (κ1) is 19.0. The van der Waals surface area contributed by atoms with Gasteiger partial charge >= 0.3 is 0 Å². The molecule has 2 aromatic rings. The van der Waals surface area contributed by atoms with Crippen LogP contribution < -0.4 is 20.7 Å². The first-order valence-corrected chi connectivity index (χ1v) is 9.16. The Bertz CT molecular complexity index is 835. The second-order valence-electron chi connectivity index (χ2n) is 6.54. The molecular weight excluding hydrogens is 366 g/mol. The predicted molar refractivity (Wildman–Crippen MR) is 108 cm³/mol. The molecule has 142 valence electrons. The maximum absolute atomic E-state index is 12.5. The van der Waals surface area contributed by atoms with Gasteiger partial charge in [-0.15, -0.1) is 0 Å². The summed E-state index contributed by atoms with van der Waals surface area (Å²) in [6.07, 6.45) is 1.94. The standard InChI is InChI=1S/C20H22ClN3O3/c1-12(19(25)24-17-11-14(21)5-10-18(17)27-2)22-15-6-8-16(9-7-15)23-20(26)13-3-4-13/h5-13,22H,3-4H2,1-2H3,(H,23,26)(H,24,25)/t12-/m1/s1. The van der Waals surface area contributed by atoms with E-state index in [1.165, 1.54) is 7.11 Å². The van der Waals surface area contributed by atoms with Crippen molar-refractivity contribution in [2.75, 3.05) is 23.1 Å². The van der Waals surface area contributed by atoms with Crippen molar-refractivity contribution in [3.8, 4) is 5.75 Å². The Morgan fingerprint density at radius 2 is 1.74 bits per heavy atom. The second kappa shape index (κ2) is 8.31. The van der Waals surface area contributed by atoms with Gasteiger partial charge in [-0.3, -0.25) is 9.59 Å². The smallest absolute Gasteiger partial charge is 0.246 e. The average Bonchev–Trinajstić information content (AvgIpc) is 3.49. The topological polar surface area (TPSA) is 79.5 Å². The number of ether oxygens (including phenoxy) is 1. The van der Waals surface area contributed by atoms with Gasteiger partial charge in [0.05, 0.1) is 12.8 Å². The van der Waals surface area contributed by atoms with Crippen LogP contribution in [0.4, 0.5) is 17.1 Å². The summed E-state index contributed by atoms with van der Waals surface area (Å²) < 4.78 is 5.24. The maximum Gasteiger partial charge on any atom is 0.246 e. The van der Waals surface area contributed by atoms with Crippen LogP contribution in [0.25, 0.3) is 0 Å². The van der Waals surface area contributed by atoms with E-state index in [0.717, 1.165) is 24.2 Å². The molecule has 0 heterocycles. The lowest BCUT2D eigenvalue weighted by atomic mass is 10.2. The zero-order valence-corrected chi connectivity index (χ0v) is 16.0. The number of amides is 2. The van der Waals surface area contributed by atoms with Crippen LogP contribution in [-0.2, 0) is 9.59 Å². The van der Waals surface area contributed by atoms with Crippen molar-refractivity contribution >= 4 is 40.5 Å². The summed E-state index contributed by atoms with van der Waals surface area (Å²) in [5, 5.41) is 9.34. The highest BCUT2D eigenvalue weighted by Gasteiger charge is 2.29. The molecule has 1 atom stereocenters. The van der Waals surface area contributed by atoms with Crippen LogP contribution in [0, 0.1) is 5.92 Å². The Hall–Kier alpha value is -2.73. The first-order valence-electron chi connectivity index (χ1n) is 8.78. The van der Waals surface area contributed by atoms with Crippen LogP contribution in [0.3, 0.4) is 0 Å². The van der Waals surface area contributed by atoms with Crippen LogP contribution in [-0.4, -0.2) is 25.0 Å². The first-order chi connectivity index (χ1) is 13.0. The minimum atomic E-state index is -0.486. The van der Waals surface area contributed by atoms with E-state index in [0.29, 0.717) is 16.5 Å². The van der Waals surface area contributed by atoms with E-state index in [9.17, 15) is 9.59 Å². The summed E-state index contributed by atoms with van der Waals surface area (Å²) in [4.78, 5) is 24.2. The highest BCUT2D eigenvalue weighted by Crippen LogP contribution is 2.30. The lowest BCUT2D eigenvalue weighted by Gasteiger charge is -2.17. The molecule has 1 aliphatic rings. The van der Waals surface area contributed by atoms with Gasteiger partial charge in [-0.2, -0.15) is 0 Å². The molecule has 1 fully saturated rings. The molecule has 0 aliphatic heterocycles. The van der Waals surface area contributed by atoms with Crippen LogP contribution >= 0.6 is 11.6 Å². The number of nitrogens with one attached hydrogen (secondary N) is 3. The van der Waals surface area contributed by atoms with E-state index in [2.05, 4.69) is 16.0 Å². The van der Waals surface area contributed by atoms with Gasteiger partial charge in [0.2, 0.25) is 11.8 Å². The molecule has 0 radical (unpaired) electrons. The fraction of sp³-hybridized carbons (Fsp3) is 0.300. The Morgan fingerprint density at radius 1 is 1.07 bits per heavy atom.